The first-order valence-corrected chi connectivity index (χ1v) is 12.2. The summed E-state index contributed by atoms with van der Waals surface area (Å²) in [6.07, 6.45) is 3.28. The third-order valence-corrected chi connectivity index (χ3v) is 6.92. The fourth-order valence-corrected chi connectivity index (χ4v) is 4.90. The number of rotatable bonds is 6. The van der Waals surface area contributed by atoms with Crippen molar-refractivity contribution in [3.05, 3.63) is 48.7 Å². The standard InChI is InChI=1S/C26H32N6O3/c1-28-12-3-5-23(28)22-19-24-31(13-4-14-32(24)27-22)26(34)11-10-25(33)30-17-15-29(16-18-30)20-6-8-21(35-2)9-7-20/h3,5-9,12,19H,4,10-11,13-18H2,1-2H3. The van der Waals surface area contributed by atoms with E-state index in [9.17, 15) is 9.59 Å². The number of hydrogen-bond acceptors (Lipinski definition) is 5. The molecule has 1 fully saturated rings. The molecule has 1 saturated heterocycles. The lowest BCUT2D eigenvalue weighted by atomic mass is 10.2. The van der Waals surface area contributed by atoms with Crippen LogP contribution < -0.4 is 14.5 Å². The molecule has 0 N–H and O–H groups in total. The Bertz CT molecular complexity index is 1190. The third kappa shape index (κ3) is 4.76. The summed E-state index contributed by atoms with van der Waals surface area (Å²) in [6.45, 7) is 4.33. The number of fused-ring (bicyclic) bond motifs is 1. The van der Waals surface area contributed by atoms with Gasteiger partial charge in [-0.25, -0.2) is 4.68 Å². The van der Waals surface area contributed by atoms with Crippen molar-refractivity contribution in [1.82, 2.24) is 19.2 Å². The van der Waals surface area contributed by atoms with E-state index in [1.807, 2.05) is 69.9 Å². The lowest BCUT2D eigenvalue weighted by molar-refractivity contribution is -0.133. The minimum absolute atomic E-state index is 0.0190. The summed E-state index contributed by atoms with van der Waals surface area (Å²) < 4.78 is 9.16. The molecule has 2 aliphatic rings. The minimum Gasteiger partial charge on any atom is -0.497 e. The fourth-order valence-electron chi connectivity index (χ4n) is 4.90. The quantitative estimate of drug-likeness (QED) is 0.547. The van der Waals surface area contributed by atoms with Crippen LogP contribution in [-0.2, 0) is 23.2 Å². The highest BCUT2D eigenvalue weighted by Crippen LogP contribution is 2.28. The predicted molar refractivity (Wildman–Crippen MR) is 135 cm³/mol. The fraction of sp³-hybridized carbons (Fsp3) is 0.423. The summed E-state index contributed by atoms with van der Waals surface area (Å²) in [7, 11) is 3.64. The predicted octanol–water partition coefficient (Wildman–Crippen LogP) is 2.76. The highest BCUT2D eigenvalue weighted by molar-refractivity contribution is 5.95. The molecule has 1 aromatic carbocycles. The number of methoxy groups -OCH3 is 1. The van der Waals surface area contributed by atoms with Gasteiger partial charge in [-0.3, -0.25) is 14.5 Å². The monoisotopic (exact) mass is 476 g/mol. The molecule has 2 aromatic heterocycles. The van der Waals surface area contributed by atoms with E-state index in [2.05, 4.69) is 4.90 Å². The van der Waals surface area contributed by atoms with Gasteiger partial charge in [0.2, 0.25) is 11.8 Å². The zero-order chi connectivity index (χ0) is 24.4. The molecule has 2 aliphatic heterocycles. The zero-order valence-electron chi connectivity index (χ0n) is 20.4. The SMILES string of the molecule is COc1ccc(N2CCN(C(=O)CCC(=O)N3CCCn4nc(-c5cccn5C)cc43)CC2)cc1. The van der Waals surface area contributed by atoms with Gasteiger partial charge in [-0.05, 0) is 42.8 Å². The lowest BCUT2D eigenvalue weighted by Crippen LogP contribution is -2.49. The first-order chi connectivity index (χ1) is 17.0. The maximum Gasteiger partial charge on any atom is 0.228 e. The molecule has 5 rings (SSSR count). The van der Waals surface area contributed by atoms with E-state index in [0.717, 1.165) is 54.7 Å². The molecule has 3 aromatic rings. The van der Waals surface area contributed by atoms with Crippen LogP contribution >= 0.6 is 0 Å². The molecule has 9 heteroatoms. The van der Waals surface area contributed by atoms with Crippen LogP contribution in [-0.4, -0.2) is 70.9 Å². The molecule has 184 valence electrons. The van der Waals surface area contributed by atoms with E-state index in [1.54, 1.807) is 12.0 Å². The van der Waals surface area contributed by atoms with Crippen LogP contribution in [0.3, 0.4) is 0 Å². The van der Waals surface area contributed by atoms with Crippen molar-refractivity contribution >= 4 is 23.3 Å². The Kier molecular flexibility index (Phi) is 6.48. The van der Waals surface area contributed by atoms with E-state index in [0.29, 0.717) is 19.6 Å². The number of hydrogen-bond donors (Lipinski definition) is 0. The second-order valence-corrected chi connectivity index (χ2v) is 9.08. The third-order valence-electron chi connectivity index (χ3n) is 6.92. The molecule has 0 bridgehead atoms. The summed E-state index contributed by atoms with van der Waals surface area (Å²) >= 11 is 0. The lowest BCUT2D eigenvalue weighted by Gasteiger charge is -2.36. The van der Waals surface area contributed by atoms with Crippen LogP contribution in [0.25, 0.3) is 11.4 Å². The van der Waals surface area contributed by atoms with Crippen molar-refractivity contribution in [3.63, 3.8) is 0 Å². The number of carbonyl (C=O) groups is 2. The number of amides is 2. The molecule has 0 radical (unpaired) electrons. The Balaban J connectivity index is 1.15. The van der Waals surface area contributed by atoms with Crippen molar-refractivity contribution in [1.29, 1.82) is 0 Å². The Morgan fingerprint density at radius 2 is 1.69 bits per heavy atom. The summed E-state index contributed by atoms with van der Waals surface area (Å²) in [5.74, 6) is 1.68. The van der Waals surface area contributed by atoms with E-state index in [4.69, 9.17) is 9.84 Å². The molecule has 0 atom stereocenters. The van der Waals surface area contributed by atoms with Gasteiger partial charge in [0.05, 0.1) is 12.8 Å². The van der Waals surface area contributed by atoms with Crippen molar-refractivity contribution in [3.8, 4) is 17.1 Å². The minimum atomic E-state index is -0.0190. The molecule has 35 heavy (non-hydrogen) atoms. The second kappa shape index (κ2) is 9.85. The van der Waals surface area contributed by atoms with Gasteiger partial charge in [-0.1, -0.05) is 0 Å². The normalized spacial score (nSPS) is 15.8. The number of carbonyl (C=O) groups excluding carboxylic acids is 2. The number of benzene rings is 1. The van der Waals surface area contributed by atoms with Crippen LogP contribution in [0.1, 0.15) is 19.3 Å². The molecule has 0 saturated carbocycles. The number of anilines is 2. The Morgan fingerprint density at radius 1 is 0.943 bits per heavy atom. The number of ether oxygens (including phenoxy) is 1. The molecule has 2 amide bonds. The molecular weight excluding hydrogens is 444 g/mol. The number of aryl methyl sites for hydroxylation is 2. The van der Waals surface area contributed by atoms with E-state index in [1.165, 1.54) is 0 Å². The van der Waals surface area contributed by atoms with Crippen molar-refractivity contribution < 1.29 is 14.3 Å². The van der Waals surface area contributed by atoms with Crippen molar-refractivity contribution in [2.45, 2.75) is 25.8 Å². The highest BCUT2D eigenvalue weighted by atomic mass is 16.5. The molecule has 4 heterocycles. The van der Waals surface area contributed by atoms with Crippen LogP contribution in [0, 0.1) is 0 Å². The van der Waals surface area contributed by atoms with Gasteiger partial charge in [0.1, 0.15) is 17.3 Å². The Labute approximate surface area is 205 Å². The van der Waals surface area contributed by atoms with Gasteiger partial charge in [-0.15, -0.1) is 0 Å². The number of aromatic nitrogens is 3. The zero-order valence-corrected chi connectivity index (χ0v) is 20.4. The van der Waals surface area contributed by atoms with Gasteiger partial charge < -0.3 is 19.1 Å². The average molecular weight is 477 g/mol. The average Bonchev–Trinajstić information content (AvgIpc) is 3.52. The summed E-state index contributed by atoms with van der Waals surface area (Å²) in [6, 6.07) is 14.0. The molecule has 9 nitrogen and oxygen atoms in total. The van der Waals surface area contributed by atoms with Crippen LogP contribution in [0.2, 0.25) is 0 Å². The van der Waals surface area contributed by atoms with Crippen molar-refractivity contribution in [2.75, 3.05) is 49.6 Å². The van der Waals surface area contributed by atoms with Crippen LogP contribution in [0.4, 0.5) is 11.5 Å². The van der Waals surface area contributed by atoms with Gasteiger partial charge in [0, 0.05) is 77.1 Å². The first-order valence-electron chi connectivity index (χ1n) is 12.2. The molecule has 0 aliphatic carbocycles. The van der Waals surface area contributed by atoms with Gasteiger partial charge in [0.25, 0.3) is 0 Å². The summed E-state index contributed by atoms with van der Waals surface area (Å²) in [5.41, 5.74) is 3.01. The van der Waals surface area contributed by atoms with Crippen molar-refractivity contribution in [2.24, 2.45) is 7.05 Å². The Hall–Kier alpha value is -3.75. The van der Waals surface area contributed by atoms with E-state index in [-0.39, 0.29) is 24.7 Å². The van der Waals surface area contributed by atoms with Gasteiger partial charge in [0.15, 0.2) is 0 Å². The van der Waals surface area contributed by atoms with Gasteiger partial charge in [-0.2, -0.15) is 5.10 Å². The number of piperazine rings is 1. The maximum absolute atomic E-state index is 13.1. The topological polar surface area (TPSA) is 75.8 Å². The summed E-state index contributed by atoms with van der Waals surface area (Å²) in [4.78, 5) is 31.9. The second-order valence-electron chi connectivity index (χ2n) is 9.08. The number of nitrogens with zero attached hydrogens (tertiary/aromatic N) is 6. The highest BCUT2D eigenvalue weighted by Gasteiger charge is 2.27. The van der Waals surface area contributed by atoms with Crippen LogP contribution in [0.15, 0.2) is 48.7 Å². The molecule has 0 spiro atoms. The van der Waals surface area contributed by atoms with Gasteiger partial charge >= 0.3 is 0 Å². The molecule has 0 unspecified atom stereocenters. The van der Waals surface area contributed by atoms with Crippen LogP contribution in [0.5, 0.6) is 5.75 Å². The first kappa shape index (κ1) is 23.0. The largest absolute Gasteiger partial charge is 0.497 e. The molecular formula is C26H32N6O3. The van der Waals surface area contributed by atoms with E-state index >= 15 is 0 Å². The Morgan fingerprint density at radius 3 is 2.37 bits per heavy atom. The smallest absolute Gasteiger partial charge is 0.228 e. The van der Waals surface area contributed by atoms with E-state index < -0.39 is 0 Å². The summed E-state index contributed by atoms with van der Waals surface area (Å²) in [5, 5.41) is 4.71. The maximum atomic E-state index is 13.1.